The smallest absolute Gasteiger partial charge is 0.416 e. The maximum Gasteiger partial charge on any atom is 0.416 e. The molecule has 1 heterocycles. The highest BCUT2D eigenvalue weighted by Gasteiger charge is 2.36. The van der Waals surface area contributed by atoms with E-state index < -0.39 is 29.7 Å². The number of alkyl halides is 3. The molecule has 0 aromatic heterocycles. The molecule has 1 aromatic carbocycles. The van der Waals surface area contributed by atoms with Crippen molar-refractivity contribution in [1.29, 1.82) is 0 Å². The number of benzene rings is 1. The minimum absolute atomic E-state index is 0.116. The van der Waals surface area contributed by atoms with E-state index in [9.17, 15) is 22.8 Å². The maximum absolute atomic E-state index is 12.8. The minimum Gasteiger partial charge on any atom is -0.474 e. The number of carbonyl (C=O) groups is 2. The second-order valence-corrected chi connectivity index (χ2v) is 5.58. The Morgan fingerprint density at radius 3 is 2.55 bits per heavy atom. The van der Waals surface area contributed by atoms with E-state index in [-0.39, 0.29) is 12.5 Å². The first-order valence-corrected chi connectivity index (χ1v) is 6.91. The number of halogens is 3. The monoisotopic (exact) mass is 315 g/mol. The summed E-state index contributed by atoms with van der Waals surface area (Å²) in [5.41, 5.74) is -0.484. The Morgan fingerprint density at radius 1 is 1.27 bits per heavy atom. The number of carbonyl (C=O) groups excluding carboxylic acids is 1. The third kappa shape index (κ3) is 3.40. The number of carboxylic acids is 1. The SMILES string of the molecule is CC1CCC(c2cccc(C(F)(F)F)c2)N(C(=O)C(=O)O)C1. The molecule has 1 N–H and O–H groups in total. The van der Waals surface area contributed by atoms with Gasteiger partial charge < -0.3 is 10.0 Å². The first-order valence-electron chi connectivity index (χ1n) is 6.91. The van der Waals surface area contributed by atoms with Crippen molar-refractivity contribution in [2.45, 2.75) is 32.0 Å². The molecule has 0 saturated carbocycles. The average molecular weight is 315 g/mol. The Bertz CT molecular complexity index is 586. The highest BCUT2D eigenvalue weighted by molar-refractivity contribution is 6.31. The van der Waals surface area contributed by atoms with Crippen molar-refractivity contribution in [3.63, 3.8) is 0 Å². The lowest BCUT2D eigenvalue weighted by molar-refractivity contribution is -0.158. The molecular weight excluding hydrogens is 299 g/mol. The summed E-state index contributed by atoms with van der Waals surface area (Å²) in [6, 6.07) is 4.08. The summed E-state index contributed by atoms with van der Waals surface area (Å²) < 4.78 is 38.4. The third-order valence-corrected chi connectivity index (χ3v) is 3.86. The number of likely N-dealkylation sites (tertiary alicyclic amines) is 1. The summed E-state index contributed by atoms with van der Waals surface area (Å²) in [5.74, 6) is -2.55. The highest BCUT2D eigenvalue weighted by Crippen LogP contribution is 2.36. The van der Waals surface area contributed by atoms with Crippen molar-refractivity contribution in [1.82, 2.24) is 4.90 Å². The molecule has 2 rings (SSSR count). The summed E-state index contributed by atoms with van der Waals surface area (Å²) >= 11 is 0. The Hall–Kier alpha value is -2.05. The summed E-state index contributed by atoms with van der Waals surface area (Å²) in [4.78, 5) is 23.9. The van der Waals surface area contributed by atoms with Crippen LogP contribution in [0.2, 0.25) is 0 Å². The molecule has 0 aliphatic carbocycles. The van der Waals surface area contributed by atoms with Gasteiger partial charge in [-0.1, -0.05) is 19.1 Å². The zero-order chi connectivity index (χ0) is 16.5. The third-order valence-electron chi connectivity index (χ3n) is 3.86. The lowest BCUT2D eigenvalue weighted by Crippen LogP contribution is -2.44. The fourth-order valence-corrected chi connectivity index (χ4v) is 2.77. The topological polar surface area (TPSA) is 57.6 Å². The van der Waals surface area contributed by atoms with E-state index in [1.807, 2.05) is 6.92 Å². The maximum atomic E-state index is 12.8. The molecule has 1 aliphatic rings. The van der Waals surface area contributed by atoms with E-state index in [0.29, 0.717) is 12.0 Å². The molecule has 0 spiro atoms. The average Bonchev–Trinajstić information content (AvgIpc) is 2.45. The van der Waals surface area contributed by atoms with E-state index in [1.54, 1.807) is 0 Å². The molecule has 1 aromatic rings. The number of piperidine rings is 1. The number of nitrogens with zero attached hydrogens (tertiary/aromatic N) is 1. The molecule has 2 unspecified atom stereocenters. The number of carboxylic acid groups (broad SMARTS) is 1. The number of hydrogen-bond acceptors (Lipinski definition) is 2. The fourth-order valence-electron chi connectivity index (χ4n) is 2.77. The standard InChI is InChI=1S/C15H16F3NO3/c1-9-5-6-12(19(8-9)13(20)14(21)22)10-3-2-4-11(7-10)15(16,17)18/h2-4,7,9,12H,5-6,8H2,1H3,(H,21,22). The van der Waals surface area contributed by atoms with Gasteiger partial charge >= 0.3 is 18.1 Å². The summed E-state index contributed by atoms with van der Waals surface area (Å²) in [5, 5.41) is 8.90. The summed E-state index contributed by atoms with van der Waals surface area (Å²) in [6.45, 7) is 2.11. The molecule has 2 atom stereocenters. The van der Waals surface area contributed by atoms with Crippen molar-refractivity contribution in [2.75, 3.05) is 6.54 Å². The first-order chi connectivity index (χ1) is 10.2. The molecule has 120 valence electrons. The molecule has 22 heavy (non-hydrogen) atoms. The van der Waals surface area contributed by atoms with Crippen molar-refractivity contribution in [2.24, 2.45) is 5.92 Å². The van der Waals surface area contributed by atoms with Crippen LogP contribution in [0.5, 0.6) is 0 Å². The van der Waals surface area contributed by atoms with Gasteiger partial charge in [0.05, 0.1) is 11.6 Å². The number of aliphatic carboxylic acids is 1. The molecule has 0 bridgehead atoms. The molecule has 0 radical (unpaired) electrons. The summed E-state index contributed by atoms with van der Waals surface area (Å²) in [6.07, 6.45) is -3.30. The van der Waals surface area contributed by atoms with Crippen molar-refractivity contribution in [3.05, 3.63) is 35.4 Å². The van der Waals surface area contributed by atoms with Crippen molar-refractivity contribution >= 4 is 11.9 Å². The van der Waals surface area contributed by atoms with Crippen LogP contribution in [-0.4, -0.2) is 28.4 Å². The van der Waals surface area contributed by atoms with Crippen LogP contribution in [-0.2, 0) is 15.8 Å². The van der Waals surface area contributed by atoms with Gasteiger partial charge in [-0.25, -0.2) is 4.79 Å². The Labute approximate surface area is 125 Å². The van der Waals surface area contributed by atoms with Gasteiger partial charge in [0, 0.05) is 6.54 Å². The fraction of sp³-hybridized carbons (Fsp3) is 0.467. The van der Waals surface area contributed by atoms with Gasteiger partial charge in [-0.3, -0.25) is 4.79 Å². The van der Waals surface area contributed by atoms with Crippen LogP contribution >= 0.6 is 0 Å². The molecule has 1 aliphatic heterocycles. The lowest BCUT2D eigenvalue weighted by Gasteiger charge is -2.38. The van der Waals surface area contributed by atoms with E-state index >= 15 is 0 Å². The van der Waals surface area contributed by atoms with Crippen LogP contribution in [0.4, 0.5) is 13.2 Å². The van der Waals surface area contributed by atoms with Crippen LogP contribution in [0.3, 0.4) is 0 Å². The van der Waals surface area contributed by atoms with Crippen molar-refractivity contribution in [3.8, 4) is 0 Å². The van der Waals surface area contributed by atoms with Gasteiger partial charge in [0.1, 0.15) is 0 Å². The van der Waals surface area contributed by atoms with Crippen LogP contribution in [0.1, 0.15) is 36.9 Å². The van der Waals surface area contributed by atoms with E-state index in [1.165, 1.54) is 12.1 Å². The predicted octanol–water partition coefficient (Wildman–Crippen LogP) is 3.09. The molecular formula is C15H16F3NO3. The highest BCUT2D eigenvalue weighted by atomic mass is 19.4. The molecule has 7 heteroatoms. The quantitative estimate of drug-likeness (QED) is 0.810. The first kappa shape index (κ1) is 16.3. The van der Waals surface area contributed by atoms with Gasteiger partial charge in [-0.15, -0.1) is 0 Å². The van der Waals surface area contributed by atoms with E-state index in [0.717, 1.165) is 23.5 Å². The molecule has 1 amide bonds. The lowest BCUT2D eigenvalue weighted by atomic mass is 9.89. The van der Waals surface area contributed by atoms with Gasteiger partial charge in [0.25, 0.3) is 0 Å². The Balaban J connectivity index is 2.36. The molecule has 1 fully saturated rings. The van der Waals surface area contributed by atoms with E-state index in [4.69, 9.17) is 5.11 Å². The van der Waals surface area contributed by atoms with Crippen molar-refractivity contribution < 1.29 is 27.9 Å². The van der Waals surface area contributed by atoms with Gasteiger partial charge in [0.2, 0.25) is 0 Å². The van der Waals surface area contributed by atoms with Crippen LogP contribution in [0, 0.1) is 5.92 Å². The predicted molar refractivity (Wildman–Crippen MR) is 71.9 cm³/mol. The van der Waals surface area contributed by atoms with E-state index in [2.05, 4.69) is 0 Å². The van der Waals surface area contributed by atoms with Crippen LogP contribution in [0.15, 0.2) is 24.3 Å². The normalized spacial score (nSPS) is 22.5. The number of rotatable bonds is 1. The number of amides is 1. The van der Waals surface area contributed by atoms with Crippen LogP contribution < -0.4 is 0 Å². The molecule has 1 saturated heterocycles. The Kier molecular flexibility index (Phi) is 4.44. The van der Waals surface area contributed by atoms with Crippen LogP contribution in [0.25, 0.3) is 0 Å². The molecule has 4 nitrogen and oxygen atoms in total. The van der Waals surface area contributed by atoms with Gasteiger partial charge in [-0.05, 0) is 36.5 Å². The minimum atomic E-state index is -4.47. The zero-order valence-electron chi connectivity index (χ0n) is 11.9. The second kappa shape index (κ2) is 5.98. The summed E-state index contributed by atoms with van der Waals surface area (Å²) in [7, 11) is 0. The zero-order valence-corrected chi connectivity index (χ0v) is 11.9. The largest absolute Gasteiger partial charge is 0.474 e. The van der Waals surface area contributed by atoms with Gasteiger partial charge in [0.15, 0.2) is 0 Å². The Morgan fingerprint density at radius 2 is 1.95 bits per heavy atom. The van der Waals surface area contributed by atoms with Gasteiger partial charge in [-0.2, -0.15) is 13.2 Å². The second-order valence-electron chi connectivity index (χ2n) is 5.58. The number of hydrogen-bond donors (Lipinski definition) is 1.